The third-order valence-corrected chi connectivity index (χ3v) is 5.52. The maximum absolute atomic E-state index is 12.1. The molecule has 2 atom stereocenters. The normalized spacial score (nSPS) is 43.9. The van der Waals surface area contributed by atoms with E-state index in [1.54, 1.807) is 4.90 Å². The number of imide groups is 1. The number of carbonyl (C=O) groups excluding carboxylic acids is 2. The second-order valence-corrected chi connectivity index (χ2v) is 6.24. The molecule has 0 aromatic carbocycles. The smallest absolute Gasteiger partial charge is 0.231 e. The first-order chi connectivity index (χ1) is 8.76. The zero-order valence-corrected chi connectivity index (χ0v) is 10.7. The van der Waals surface area contributed by atoms with Crippen LogP contribution in [-0.4, -0.2) is 40.4 Å². The van der Waals surface area contributed by atoms with Crippen molar-refractivity contribution in [2.24, 2.45) is 11.8 Å². The molecule has 0 spiro atoms. The lowest BCUT2D eigenvalue weighted by Crippen LogP contribution is -2.55. The van der Waals surface area contributed by atoms with Crippen molar-refractivity contribution in [3.05, 3.63) is 0 Å². The Morgan fingerprint density at radius 2 is 1.44 bits per heavy atom. The van der Waals surface area contributed by atoms with Gasteiger partial charge < -0.3 is 0 Å². The standard InChI is InChI=1S/C14H20N2O2/c17-12-6-7-13(18)16(12)14(15-8-1-2-9-15)10-4-3-5-11(10)14/h10-11H,1-9H2. The van der Waals surface area contributed by atoms with Crippen molar-refractivity contribution in [1.29, 1.82) is 0 Å². The molecule has 4 aliphatic rings. The molecular weight excluding hydrogens is 228 g/mol. The van der Waals surface area contributed by atoms with E-state index in [9.17, 15) is 9.59 Å². The van der Waals surface area contributed by atoms with Gasteiger partial charge in [-0.3, -0.25) is 19.4 Å². The van der Waals surface area contributed by atoms with Crippen LogP contribution < -0.4 is 0 Å². The maximum atomic E-state index is 12.1. The number of nitrogens with zero attached hydrogens (tertiary/aromatic N) is 2. The van der Waals surface area contributed by atoms with Crippen LogP contribution in [0.1, 0.15) is 44.9 Å². The van der Waals surface area contributed by atoms with Gasteiger partial charge in [-0.2, -0.15) is 0 Å². The molecule has 18 heavy (non-hydrogen) atoms. The summed E-state index contributed by atoms with van der Waals surface area (Å²) < 4.78 is 0. The second kappa shape index (κ2) is 3.56. The van der Waals surface area contributed by atoms with E-state index in [1.807, 2.05) is 0 Å². The van der Waals surface area contributed by atoms with Crippen LogP contribution in [-0.2, 0) is 9.59 Å². The summed E-state index contributed by atoms with van der Waals surface area (Å²) in [5.74, 6) is 1.34. The van der Waals surface area contributed by atoms with Crippen molar-refractivity contribution < 1.29 is 9.59 Å². The van der Waals surface area contributed by atoms with Crippen LogP contribution in [0, 0.1) is 11.8 Å². The van der Waals surface area contributed by atoms with Crippen molar-refractivity contribution in [3.63, 3.8) is 0 Å². The fourth-order valence-corrected chi connectivity index (χ4v) is 4.88. The van der Waals surface area contributed by atoms with Gasteiger partial charge in [-0.1, -0.05) is 6.42 Å². The van der Waals surface area contributed by atoms with Crippen LogP contribution in [0.15, 0.2) is 0 Å². The molecule has 2 aliphatic heterocycles. The van der Waals surface area contributed by atoms with Crippen molar-refractivity contribution >= 4 is 11.8 Å². The number of likely N-dealkylation sites (tertiary alicyclic amines) is 2. The highest BCUT2D eigenvalue weighted by atomic mass is 16.2. The predicted octanol–water partition coefficient (Wildman–Crippen LogP) is 1.36. The molecule has 2 unspecified atom stereocenters. The van der Waals surface area contributed by atoms with Gasteiger partial charge in [-0.15, -0.1) is 0 Å². The largest absolute Gasteiger partial charge is 0.280 e. The number of hydrogen-bond donors (Lipinski definition) is 0. The molecule has 2 saturated carbocycles. The Morgan fingerprint density at radius 1 is 0.889 bits per heavy atom. The summed E-state index contributed by atoms with van der Waals surface area (Å²) >= 11 is 0. The molecule has 2 amide bonds. The van der Waals surface area contributed by atoms with Gasteiger partial charge in [-0.25, -0.2) is 0 Å². The van der Waals surface area contributed by atoms with Gasteiger partial charge >= 0.3 is 0 Å². The van der Waals surface area contributed by atoms with E-state index >= 15 is 0 Å². The molecule has 4 fully saturated rings. The van der Waals surface area contributed by atoms with Gasteiger partial charge in [0.15, 0.2) is 0 Å². The summed E-state index contributed by atoms with van der Waals surface area (Å²) in [7, 11) is 0. The molecule has 4 rings (SSSR count). The quantitative estimate of drug-likeness (QED) is 0.693. The third-order valence-electron chi connectivity index (χ3n) is 5.52. The fraction of sp³-hybridized carbons (Fsp3) is 0.857. The average Bonchev–Trinajstić information content (AvgIpc) is 2.91. The highest BCUT2D eigenvalue weighted by Crippen LogP contribution is 2.66. The number of fused-ring (bicyclic) bond motifs is 1. The molecule has 4 heteroatoms. The van der Waals surface area contributed by atoms with Gasteiger partial charge in [0.25, 0.3) is 0 Å². The predicted molar refractivity (Wildman–Crippen MR) is 65.5 cm³/mol. The Hall–Kier alpha value is -0.900. The molecule has 0 aromatic heterocycles. The van der Waals surface area contributed by atoms with E-state index < -0.39 is 0 Å². The van der Waals surface area contributed by atoms with E-state index in [0.717, 1.165) is 13.1 Å². The first-order valence-electron chi connectivity index (χ1n) is 7.37. The van der Waals surface area contributed by atoms with Crippen LogP contribution in [0.5, 0.6) is 0 Å². The van der Waals surface area contributed by atoms with Gasteiger partial charge in [0.05, 0.1) is 0 Å². The molecule has 2 heterocycles. The third kappa shape index (κ3) is 1.15. The van der Waals surface area contributed by atoms with E-state index in [1.165, 1.54) is 32.1 Å². The van der Waals surface area contributed by atoms with Crippen molar-refractivity contribution in [1.82, 2.24) is 9.80 Å². The Labute approximate surface area is 107 Å². The van der Waals surface area contributed by atoms with E-state index in [-0.39, 0.29) is 17.5 Å². The Bertz CT molecular complexity index is 388. The summed E-state index contributed by atoms with van der Waals surface area (Å²) in [5.41, 5.74) is -0.167. The van der Waals surface area contributed by atoms with Crippen molar-refractivity contribution in [2.75, 3.05) is 13.1 Å². The van der Waals surface area contributed by atoms with Gasteiger partial charge in [0.1, 0.15) is 5.66 Å². The maximum Gasteiger partial charge on any atom is 0.231 e. The van der Waals surface area contributed by atoms with Crippen LogP contribution in [0.25, 0.3) is 0 Å². The molecule has 0 bridgehead atoms. The van der Waals surface area contributed by atoms with Gasteiger partial charge in [0, 0.05) is 37.8 Å². The summed E-state index contributed by atoms with van der Waals surface area (Å²) in [6, 6.07) is 0. The van der Waals surface area contributed by atoms with E-state index in [4.69, 9.17) is 0 Å². The minimum atomic E-state index is -0.167. The zero-order valence-electron chi connectivity index (χ0n) is 10.7. The number of amides is 2. The first kappa shape index (κ1) is 11.0. The Morgan fingerprint density at radius 3 is 2.00 bits per heavy atom. The molecule has 0 aromatic rings. The van der Waals surface area contributed by atoms with Crippen LogP contribution >= 0.6 is 0 Å². The summed E-state index contributed by atoms with van der Waals surface area (Å²) in [6.07, 6.45) is 7.01. The zero-order chi connectivity index (χ0) is 12.3. The van der Waals surface area contributed by atoms with E-state index in [0.29, 0.717) is 24.7 Å². The monoisotopic (exact) mass is 248 g/mol. The summed E-state index contributed by atoms with van der Waals surface area (Å²) in [4.78, 5) is 28.4. The summed E-state index contributed by atoms with van der Waals surface area (Å²) in [5, 5.41) is 0. The topological polar surface area (TPSA) is 40.6 Å². The Balaban J connectivity index is 1.72. The molecular formula is C14H20N2O2. The van der Waals surface area contributed by atoms with Crippen LogP contribution in [0.3, 0.4) is 0 Å². The van der Waals surface area contributed by atoms with Gasteiger partial charge in [0.2, 0.25) is 11.8 Å². The number of rotatable bonds is 2. The number of carbonyl (C=O) groups is 2. The highest BCUT2D eigenvalue weighted by molar-refractivity contribution is 6.03. The highest BCUT2D eigenvalue weighted by Gasteiger charge is 2.74. The minimum Gasteiger partial charge on any atom is -0.280 e. The SMILES string of the molecule is O=C1CCC(=O)N1C1(N2CCCC2)C2CCCC21. The summed E-state index contributed by atoms with van der Waals surface area (Å²) in [6.45, 7) is 2.15. The second-order valence-electron chi connectivity index (χ2n) is 6.24. The average molecular weight is 248 g/mol. The molecule has 0 N–H and O–H groups in total. The molecule has 2 aliphatic carbocycles. The van der Waals surface area contributed by atoms with Crippen LogP contribution in [0.4, 0.5) is 0 Å². The van der Waals surface area contributed by atoms with E-state index in [2.05, 4.69) is 4.90 Å². The van der Waals surface area contributed by atoms with Crippen molar-refractivity contribution in [3.8, 4) is 0 Å². The Kier molecular flexibility index (Phi) is 2.17. The minimum absolute atomic E-state index is 0.0845. The molecule has 4 nitrogen and oxygen atoms in total. The lowest BCUT2D eigenvalue weighted by molar-refractivity contribution is -0.149. The molecule has 0 radical (unpaired) electrons. The van der Waals surface area contributed by atoms with Crippen molar-refractivity contribution in [2.45, 2.75) is 50.6 Å². The molecule has 2 saturated heterocycles. The fourth-order valence-electron chi connectivity index (χ4n) is 4.88. The lowest BCUT2D eigenvalue weighted by atomic mass is 10.1. The lowest BCUT2D eigenvalue weighted by Gasteiger charge is -2.38. The number of hydrogen-bond acceptors (Lipinski definition) is 3. The van der Waals surface area contributed by atoms with Crippen LogP contribution in [0.2, 0.25) is 0 Å². The molecule has 98 valence electrons. The van der Waals surface area contributed by atoms with Gasteiger partial charge in [-0.05, 0) is 25.7 Å². The first-order valence-corrected chi connectivity index (χ1v) is 7.37.